The van der Waals surface area contributed by atoms with Gasteiger partial charge in [-0.15, -0.1) is 0 Å². The Morgan fingerprint density at radius 3 is 3.06 bits per heavy atom. The van der Waals surface area contributed by atoms with Gasteiger partial charge < -0.3 is 4.74 Å². The van der Waals surface area contributed by atoms with E-state index in [0.29, 0.717) is 5.19 Å². The van der Waals surface area contributed by atoms with Crippen LogP contribution in [0.2, 0.25) is 0 Å². The van der Waals surface area contributed by atoms with Gasteiger partial charge in [0.05, 0.1) is 5.70 Å². The van der Waals surface area contributed by atoms with Crippen LogP contribution in [0, 0.1) is 6.92 Å². The molecule has 0 bridgehead atoms. The molecule has 4 nitrogen and oxygen atoms in total. The Balaban J connectivity index is 2.05. The normalized spacial score (nSPS) is 19.1. The fourth-order valence-corrected chi connectivity index (χ4v) is 1.78. The van der Waals surface area contributed by atoms with Crippen molar-refractivity contribution >= 4 is 18.3 Å². The zero-order chi connectivity index (χ0) is 11.4. The molecule has 5 heteroatoms. The van der Waals surface area contributed by atoms with Crippen molar-refractivity contribution in [2.75, 3.05) is 0 Å². The summed E-state index contributed by atoms with van der Waals surface area (Å²) in [6.45, 7) is 5.31. The minimum Gasteiger partial charge on any atom is -0.457 e. The largest absolute Gasteiger partial charge is 0.457 e. The Morgan fingerprint density at radius 2 is 2.38 bits per heavy atom. The van der Waals surface area contributed by atoms with Crippen LogP contribution in [0.5, 0.6) is 5.19 Å². The molecule has 0 aliphatic heterocycles. The third-order valence-electron chi connectivity index (χ3n) is 1.95. The molecular weight excluding hydrogens is 222 g/mol. The molecule has 1 atom stereocenters. The minimum atomic E-state index is -0.136. The first-order valence-electron chi connectivity index (χ1n) is 4.78. The Hall–Kier alpha value is -1.75. The summed E-state index contributed by atoms with van der Waals surface area (Å²) in [6.07, 6.45) is 9.32. The summed E-state index contributed by atoms with van der Waals surface area (Å²) in [5, 5.41) is 0.576. The van der Waals surface area contributed by atoms with E-state index in [-0.39, 0.29) is 6.10 Å². The quantitative estimate of drug-likeness (QED) is 0.753. The molecule has 0 amide bonds. The number of aliphatic imine (C=N–C) groups is 1. The van der Waals surface area contributed by atoms with Gasteiger partial charge in [-0.2, -0.15) is 9.36 Å². The van der Waals surface area contributed by atoms with Crippen LogP contribution >= 0.6 is 11.5 Å². The minimum absolute atomic E-state index is 0.136. The van der Waals surface area contributed by atoms with Crippen molar-refractivity contribution in [3.63, 3.8) is 0 Å². The van der Waals surface area contributed by atoms with Crippen LogP contribution in [-0.4, -0.2) is 22.2 Å². The van der Waals surface area contributed by atoms with Crippen LogP contribution in [0.1, 0.15) is 5.82 Å². The van der Waals surface area contributed by atoms with E-state index in [1.807, 2.05) is 37.3 Å². The lowest BCUT2D eigenvalue weighted by molar-refractivity contribution is 0.294. The number of hydrogen-bond acceptors (Lipinski definition) is 5. The van der Waals surface area contributed by atoms with Crippen LogP contribution in [-0.2, 0) is 0 Å². The van der Waals surface area contributed by atoms with E-state index < -0.39 is 0 Å². The zero-order valence-corrected chi connectivity index (χ0v) is 9.65. The van der Waals surface area contributed by atoms with Gasteiger partial charge in [0.2, 0.25) is 0 Å². The second-order valence-electron chi connectivity index (χ2n) is 3.18. The standard InChI is InChI=1S/C11H11N3OS/c1-8-13-11(16-14-8)15-10-5-3-4-9(12-2)6-7-10/h3-7,10H,2H2,1H3. The van der Waals surface area contributed by atoms with Crippen LogP contribution in [0.4, 0.5) is 0 Å². The monoisotopic (exact) mass is 233 g/mol. The summed E-state index contributed by atoms with van der Waals surface area (Å²) in [6, 6.07) is 0. The Kier molecular flexibility index (Phi) is 3.26. The maximum absolute atomic E-state index is 5.62. The van der Waals surface area contributed by atoms with Crippen LogP contribution in [0.15, 0.2) is 41.1 Å². The topological polar surface area (TPSA) is 47.4 Å². The maximum Gasteiger partial charge on any atom is 0.294 e. The Labute approximate surface area is 97.9 Å². The number of aryl methyl sites for hydroxylation is 1. The summed E-state index contributed by atoms with van der Waals surface area (Å²) in [4.78, 5) is 7.98. The van der Waals surface area contributed by atoms with Crippen molar-refractivity contribution in [2.45, 2.75) is 13.0 Å². The van der Waals surface area contributed by atoms with Crippen molar-refractivity contribution in [1.82, 2.24) is 9.36 Å². The van der Waals surface area contributed by atoms with Gasteiger partial charge in [-0.1, -0.05) is 6.08 Å². The highest BCUT2D eigenvalue weighted by Gasteiger charge is 2.08. The molecule has 1 aliphatic carbocycles. The van der Waals surface area contributed by atoms with Gasteiger partial charge >= 0.3 is 0 Å². The smallest absolute Gasteiger partial charge is 0.294 e. The molecule has 0 aromatic carbocycles. The molecule has 2 rings (SSSR count). The molecule has 1 aromatic rings. The third-order valence-corrected chi connectivity index (χ3v) is 2.65. The van der Waals surface area contributed by atoms with Crippen molar-refractivity contribution in [3.05, 3.63) is 41.9 Å². The van der Waals surface area contributed by atoms with Gasteiger partial charge in [0.1, 0.15) is 11.9 Å². The lowest BCUT2D eigenvalue weighted by Gasteiger charge is -2.06. The van der Waals surface area contributed by atoms with E-state index in [4.69, 9.17) is 4.74 Å². The molecule has 1 aliphatic rings. The second-order valence-corrected chi connectivity index (χ2v) is 3.90. The summed E-state index contributed by atoms with van der Waals surface area (Å²) >= 11 is 1.25. The molecule has 0 fully saturated rings. The molecule has 0 saturated carbocycles. The fraction of sp³-hybridized carbons (Fsp3) is 0.182. The number of rotatable bonds is 3. The number of allylic oxidation sites excluding steroid dienone is 3. The first kappa shape index (κ1) is 10.8. The SMILES string of the molecule is C=NC1=CC=CC(Oc2nc(C)ns2)C=C1. The molecule has 1 unspecified atom stereocenters. The Morgan fingerprint density at radius 1 is 1.50 bits per heavy atom. The van der Waals surface area contributed by atoms with Crippen molar-refractivity contribution in [1.29, 1.82) is 0 Å². The van der Waals surface area contributed by atoms with Crippen molar-refractivity contribution in [3.8, 4) is 5.19 Å². The molecule has 0 radical (unpaired) electrons. The molecule has 0 spiro atoms. The number of ether oxygens (including phenoxy) is 1. The zero-order valence-electron chi connectivity index (χ0n) is 8.83. The second kappa shape index (κ2) is 4.85. The van der Waals surface area contributed by atoms with Crippen LogP contribution in [0.3, 0.4) is 0 Å². The first-order chi connectivity index (χ1) is 7.78. The van der Waals surface area contributed by atoms with E-state index in [2.05, 4.69) is 21.1 Å². The van der Waals surface area contributed by atoms with E-state index in [0.717, 1.165) is 11.5 Å². The first-order valence-corrected chi connectivity index (χ1v) is 5.55. The molecule has 1 aromatic heterocycles. The fourth-order valence-electron chi connectivity index (χ4n) is 1.20. The molecular formula is C11H11N3OS. The van der Waals surface area contributed by atoms with E-state index in [1.54, 1.807) is 0 Å². The number of nitrogens with zero attached hydrogens (tertiary/aromatic N) is 3. The van der Waals surface area contributed by atoms with Gasteiger partial charge in [0, 0.05) is 11.5 Å². The average Bonchev–Trinajstić information content (AvgIpc) is 2.55. The van der Waals surface area contributed by atoms with E-state index in [9.17, 15) is 0 Å². The summed E-state index contributed by atoms with van der Waals surface area (Å²) in [5.74, 6) is 0.730. The highest BCUT2D eigenvalue weighted by Crippen LogP contribution is 2.17. The molecule has 16 heavy (non-hydrogen) atoms. The lowest BCUT2D eigenvalue weighted by atomic mass is 10.3. The Bertz CT molecular complexity index is 473. The summed E-state index contributed by atoms with van der Waals surface area (Å²) in [7, 11) is 0. The molecule has 82 valence electrons. The van der Waals surface area contributed by atoms with E-state index >= 15 is 0 Å². The highest BCUT2D eigenvalue weighted by molar-refractivity contribution is 7.07. The lowest BCUT2D eigenvalue weighted by Crippen LogP contribution is -2.09. The van der Waals surface area contributed by atoms with Gasteiger partial charge in [0.25, 0.3) is 5.19 Å². The highest BCUT2D eigenvalue weighted by atomic mass is 32.1. The van der Waals surface area contributed by atoms with Crippen molar-refractivity contribution < 1.29 is 4.74 Å². The van der Waals surface area contributed by atoms with Gasteiger partial charge in [-0.25, -0.2) is 0 Å². The van der Waals surface area contributed by atoms with Gasteiger partial charge in [0.15, 0.2) is 0 Å². The predicted molar refractivity (Wildman–Crippen MR) is 65.0 cm³/mol. The van der Waals surface area contributed by atoms with Crippen LogP contribution in [0.25, 0.3) is 0 Å². The van der Waals surface area contributed by atoms with Gasteiger partial charge in [-0.05, 0) is 37.9 Å². The summed E-state index contributed by atoms with van der Waals surface area (Å²) in [5.41, 5.74) is 0.816. The predicted octanol–water partition coefficient (Wildman–Crippen LogP) is 2.30. The van der Waals surface area contributed by atoms with Crippen molar-refractivity contribution in [2.24, 2.45) is 4.99 Å². The number of aromatic nitrogens is 2. The average molecular weight is 233 g/mol. The van der Waals surface area contributed by atoms with E-state index in [1.165, 1.54) is 11.5 Å². The number of hydrogen-bond donors (Lipinski definition) is 0. The molecule has 1 heterocycles. The molecule has 0 N–H and O–H groups in total. The maximum atomic E-state index is 5.62. The van der Waals surface area contributed by atoms with Gasteiger partial charge in [-0.3, -0.25) is 4.99 Å². The third kappa shape index (κ3) is 2.64. The van der Waals surface area contributed by atoms with Crippen LogP contribution < -0.4 is 4.74 Å². The molecule has 0 saturated heterocycles. The summed E-state index contributed by atoms with van der Waals surface area (Å²) < 4.78 is 9.68.